The molecule has 15 heteroatoms. The lowest BCUT2D eigenvalue weighted by atomic mass is 10.0. The van der Waals surface area contributed by atoms with Crippen LogP contribution in [-0.4, -0.2) is 43.6 Å². The van der Waals surface area contributed by atoms with Crippen LogP contribution < -0.4 is 47.7 Å². The second-order valence-corrected chi connectivity index (χ2v) is 39.6. The van der Waals surface area contributed by atoms with Crippen LogP contribution in [0.5, 0.6) is 0 Å². The van der Waals surface area contributed by atoms with Crippen molar-refractivity contribution in [3.05, 3.63) is 401 Å². The van der Waals surface area contributed by atoms with E-state index in [1.807, 2.05) is 207 Å². The van der Waals surface area contributed by atoms with Crippen molar-refractivity contribution in [1.29, 1.82) is 0 Å². The average Bonchev–Trinajstić information content (AvgIpc) is 1.54. The molecule has 0 radical (unpaired) electrons. The molecule has 3 aliphatic heterocycles. The van der Waals surface area contributed by atoms with E-state index in [1.54, 1.807) is 0 Å². The molecule has 3 unspecified atom stereocenters. The maximum Gasteiger partial charge on any atom is 0.172 e. The molecule has 576 valence electrons. The van der Waals surface area contributed by atoms with Crippen LogP contribution in [0.1, 0.15) is 0 Å². The summed E-state index contributed by atoms with van der Waals surface area (Å²) in [6.45, 7) is 0. The summed E-state index contributed by atoms with van der Waals surface area (Å²) >= 11 is 0. The van der Waals surface area contributed by atoms with E-state index in [4.69, 9.17) is 15.0 Å². The molecular weight excluding hydrogens is 1560 g/mol. The standard InChI is InChI=1S/3C36H22N3OP/c40-41(24-11-2-1-3-12-24)32-17-7-5-13-25(32)26-18-19-30-33(36(26)41)27-14-4-6-16-29(27)39(30)31-22-23-10-8-20-37-34(23)35-28(31)15-9-21-38-35;40-41(24-10-2-1-3-11-24)32-15-7-5-12-25(32)26-18-19-31-33(36(26)41)27-13-4-6-14-29(27)39(31)30-20-22-38-35-28(30)17-16-23-9-8-21-37-34(23)35;40-41(26-10-2-1-3-11-26)32-15-7-5-12-27(32)28-18-19-31-33(36(28)41)29-13-4-6-14-30(29)39(31)25-21-24-17-16-23-9-8-20-37-34(23)35(24)38-22-25/h3*1-22H. The Morgan fingerprint density at radius 2 is 0.545 bits per heavy atom. The third-order valence-corrected chi connectivity index (χ3v) is 34.9. The first-order chi connectivity index (χ1) is 60.7. The molecule has 12 nitrogen and oxygen atoms in total. The van der Waals surface area contributed by atoms with Gasteiger partial charge in [-0.2, -0.15) is 0 Å². The Morgan fingerprint density at radius 1 is 0.211 bits per heavy atom. The smallest absolute Gasteiger partial charge is 0.172 e. The minimum absolute atomic E-state index is 0.863. The van der Waals surface area contributed by atoms with E-state index in [2.05, 4.69) is 223 Å². The van der Waals surface area contributed by atoms with Gasteiger partial charge in [0.1, 0.15) is 0 Å². The van der Waals surface area contributed by atoms with Gasteiger partial charge in [-0.25, -0.2) is 0 Å². The van der Waals surface area contributed by atoms with Crippen molar-refractivity contribution in [3.63, 3.8) is 0 Å². The van der Waals surface area contributed by atoms with E-state index < -0.39 is 21.4 Å². The predicted octanol–water partition coefficient (Wildman–Crippen LogP) is 22.5. The fraction of sp³-hybridized carbons (Fsp3) is 0. The van der Waals surface area contributed by atoms with Crippen LogP contribution in [0.3, 0.4) is 0 Å². The van der Waals surface area contributed by atoms with Crippen molar-refractivity contribution in [2.75, 3.05) is 0 Å². The molecule has 123 heavy (non-hydrogen) atoms. The van der Waals surface area contributed by atoms with E-state index >= 15 is 13.7 Å². The monoisotopic (exact) mass is 1630 g/mol. The SMILES string of the molecule is O=P1(c2ccccc2)c2ccccc2-c2ccc3c(c21)c1ccccc1n3-c1cc2cccnc2c2ncccc12.O=P1(c2ccccc2)c2ccccc2-c2ccc3c(c21)c1ccccc1n3-c1ccnc2c1ccc1cccnc12.O=P1(c2ccccc2)c2ccccc2-c2ccc3c(c21)c1ccccc1n3-c1cnc2c(ccc3cccnc32)c1. The first-order valence-corrected chi connectivity index (χ1v) is 46.2. The second kappa shape index (κ2) is 27.2. The maximum atomic E-state index is 15.6. The topological polar surface area (TPSA) is 143 Å². The lowest BCUT2D eigenvalue weighted by Gasteiger charge is -2.17. The summed E-state index contributed by atoms with van der Waals surface area (Å²) in [6, 6.07) is 124. The number of para-hydroxylation sites is 3. The number of rotatable bonds is 6. The van der Waals surface area contributed by atoms with Gasteiger partial charge in [-0.1, -0.05) is 273 Å². The number of pyridine rings is 6. The van der Waals surface area contributed by atoms with Gasteiger partial charge in [-0.3, -0.25) is 29.9 Å². The molecule has 12 heterocycles. The second-order valence-electron chi connectivity index (χ2n) is 31.7. The van der Waals surface area contributed by atoms with Crippen LogP contribution in [0.25, 0.3) is 181 Å². The third-order valence-electron chi connectivity index (χ3n) is 25.4. The van der Waals surface area contributed by atoms with Crippen molar-refractivity contribution in [2.24, 2.45) is 0 Å². The molecular formula is C108H66N9O3P3. The van der Waals surface area contributed by atoms with E-state index in [9.17, 15) is 0 Å². The summed E-state index contributed by atoms with van der Waals surface area (Å²) in [6.07, 6.45) is 11.1. The minimum Gasteiger partial charge on any atom is -0.309 e. The summed E-state index contributed by atoms with van der Waals surface area (Å²) in [4.78, 5) is 28.4. The fourth-order valence-electron chi connectivity index (χ4n) is 20.3. The van der Waals surface area contributed by atoms with Crippen molar-refractivity contribution in [3.8, 4) is 50.4 Å². The molecule has 27 rings (SSSR count). The van der Waals surface area contributed by atoms with Crippen LogP contribution in [0, 0.1) is 0 Å². The molecule has 3 aliphatic rings. The lowest BCUT2D eigenvalue weighted by molar-refractivity contribution is 0.592. The zero-order valence-electron chi connectivity index (χ0n) is 65.7. The van der Waals surface area contributed by atoms with Gasteiger partial charge in [0, 0.05) is 143 Å². The van der Waals surface area contributed by atoms with Gasteiger partial charge in [0.2, 0.25) is 0 Å². The molecule has 24 aromatic rings. The average molecular weight is 1630 g/mol. The zero-order valence-corrected chi connectivity index (χ0v) is 68.4. The summed E-state index contributed by atoms with van der Waals surface area (Å²) in [5.74, 6) is 0. The van der Waals surface area contributed by atoms with E-state index in [0.29, 0.717) is 0 Å². The number of hydrogen-bond donors (Lipinski definition) is 0. The molecule has 9 aromatic heterocycles. The highest BCUT2D eigenvalue weighted by Gasteiger charge is 2.46. The van der Waals surface area contributed by atoms with Crippen LogP contribution in [0.4, 0.5) is 0 Å². The molecule has 0 N–H and O–H groups in total. The number of fused-ring (bicyclic) bond motifs is 30. The predicted molar refractivity (Wildman–Crippen MR) is 509 cm³/mol. The van der Waals surface area contributed by atoms with Gasteiger partial charge in [-0.15, -0.1) is 0 Å². The highest BCUT2D eigenvalue weighted by molar-refractivity contribution is 7.88. The Hall–Kier alpha value is -15.2. The summed E-state index contributed by atoms with van der Waals surface area (Å²) < 4.78 is 53.6. The Morgan fingerprint density at radius 3 is 1.03 bits per heavy atom. The molecule has 3 atom stereocenters. The van der Waals surface area contributed by atoms with Gasteiger partial charge in [0.15, 0.2) is 21.4 Å². The Labute approximate surface area is 704 Å². The summed E-state index contributed by atoms with van der Waals surface area (Å²) in [7, 11) is -9.43. The Bertz CT molecular complexity index is 8820. The van der Waals surface area contributed by atoms with E-state index in [-0.39, 0.29) is 0 Å². The van der Waals surface area contributed by atoms with Crippen LogP contribution in [-0.2, 0) is 13.7 Å². The molecule has 0 bridgehead atoms. The molecule has 0 aliphatic carbocycles. The highest BCUT2D eigenvalue weighted by atomic mass is 31.2. The third kappa shape index (κ3) is 10.1. The molecule has 0 amide bonds. The van der Waals surface area contributed by atoms with Crippen LogP contribution in [0.15, 0.2) is 401 Å². The molecule has 0 saturated heterocycles. The highest BCUT2D eigenvalue weighted by Crippen LogP contribution is 2.59. The Balaban J connectivity index is 0.000000101. The van der Waals surface area contributed by atoms with Crippen molar-refractivity contribution < 1.29 is 13.7 Å². The summed E-state index contributed by atoms with van der Waals surface area (Å²) in [5.41, 5.74) is 20.9. The van der Waals surface area contributed by atoms with E-state index in [1.165, 1.54) is 0 Å². The van der Waals surface area contributed by atoms with Crippen molar-refractivity contribution in [1.82, 2.24) is 43.6 Å². The Kier molecular flexibility index (Phi) is 15.7. The molecule has 15 aromatic carbocycles. The lowest BCUT2D eigenvalue weighted by Crippen LogP contribution is -2.21. The normalized spacial score (nSPS) is 16.0. The first-order valence-electron chi connectivity index (χ1n) is 41.1. The molecule has 0 fully saturated rings. The number of hydrogen-bond acceptors (Lipinski definition) is 9. The quantitative estimate of drug-likeness (QED) is 0.117. The van der Waals surface area contributed by atoms with Gasteiger partial charge in [-0.05, 0) is 124 Å². The van der Waals surface area contributed by atoms with Crippen LogP contribution >= 0.6 is 21.4 Å². The fourth-order valence-corrected chi connectivity index (χ4v) is 30.1. The van der Waals surface area contributed by atoms with Crippen molar-refractivity contribution in [2.45, 2.75) is 0 Å². The minimum atomic E-state index is -3.15. The first kappa shape index (κ1) is 70.8. The summed E-state index contributed by atoms with van der Waals surface area (Å²) in [5, 5.41) is 20.8. The van der Waals surface area contributed by atoms with Gasteiger partial charge < -0.3 is 27.4 Å². The van der Waals surface area contributed by atoms with Crippen LogP contribution in [0.2, 0.25) is 0 Å². The van der Waals surface area contributed by atoms with Gasteiger partial charge >= 0.3 is 0 Å². The van der Waals surface area contributed by atoms with Gasteiger partial charge in [0.05, 0.1) is 89.5 Å². The molecule has 0 saturated carbocycles. The zero-order chi connectivity index (χ0) is 81.4. The maximum absolute atomic E-state index is 15.6. The number of benzene rings is 15. The van der Waals surface area contributed by atoms with Crippen molar-refractivity contribution >= 4 is 200 Å². The molecule has 0 spiro atoms. The van der Waals surface area contributed by atoms with Gasteiger partial charge in [0.25, 0.3) is 0 Å². The number of aromatic nitrogens is 9. The van der Waals surface area contributed by atoms with E-state index in [0.717, 1.165) is 229 Å². The number of nitrogens with zero attached hydrogens (tertiary/aromatic N) is 9. The largest absolute Gasteiger partial charge is 0.309 e.